The third-order valence-electron chi connectivity index (χ3n) is 4.39. The average Bonchev–Trinajstić information content (AvgIpc) is 2.78. The lowest BCUT2D eigenvalue weighted by Gasteiger charge is -2.09. The van der Waals surface area contributed by atoms with Gasteiger partial charge in [-0.25, -0.2) is 4.79 Å². The molecule has 2 N–H and O–H groups in total. The maximum Gasteiger partial charge on any atom is 0.416 e. The van der Waals surface area contributed by atoms with Crippen LogP contribution >= 0.6 is 0 Å². The number of hydrogen-bond donors (Lipinski definition) is 2. The second-order valence-electron chi connectivity index (χ2n) is 6.74. The van der Waals surface area contributed by atoms with Gasteiger partial charge >= 0.3 is 12.1 Å². The maximum absolute atomic E-state index is 12.6. The summed E-state index contributed by atoms with van der Waals surface area (Å²) in [6, 6.07) is 19.3. The molecule has 0 aromatic heterocycles. The number of carbonyl (C=O) groups is 2. The number of carboxylic acid groups (broad SMARTS) is 1. The molecular weight excluding hydrogens is 423 g/mol. The van der Waals surface area contributed by atoms with Crippen LogP contribution in [0.15, 0.2) is 84.6 Å². The van der Waals surface area contributed by atoms with E-state index in [1.807, 2.05) is 0 Å². The Morgan fingerprint density at radius 1 is 0.906 bits per heavy atom. The normalized spacial score (nSPS) is 11.7. The Morgan fingerprint density at radius 3 is 2.09 bits per heavy atom. The number of carboxylic acids is 1. The highest BCUT2D eigenvalue weighted by atomic mass is 19.4. The van der Waals surface area contributed by atoms with Crippen molar-refractivity contribution in [1.82, 2.24) is 5.32 Å². The summed E-state index contributed by atoms with van der Waals surface area (Å²) in [5.74, 6) is -1.39. The quantitative estimate of drug-likeness (QED) is 0.498. The molecule has 32 heavy (non-hydrogen) atoms. The SMILES string of the molecule is O=C(O)/C(=C\c1ccc(OCc2ccc(C(F)(F)F)cc2)cc1)NC(=O)c1ccccc1. The van der Waals surface area contributed by atoms with Gasteiger partial charge < -0.3 is 15.2 Å². The summed E-state index contributed by atoms with van der Waals surface area (Å²) in [5.41, 5.74) is 0.381. The first kappa shape index (κ1) is 22.6. The summed E-state index contributed by atoms with van der Waals surface area (Å²) >= 11 is 0. The molecular formula is C24H18F3NO4. The molecule has 0 fully saturated rings. The number of rotatable bonds is 7. The van der Waals surface area contributed by atoms with Crippen LogP contribution in [0, 0.1) is 0 Å². The minimum absolute atomic E-state index is 0.0703. The fraction of sp³-hybridized carbons (Fsp3) is 0.0833. The van der Waals surface area contributed by atoms with Crippen LogP contribution < -0.4 is 10.1 Å². The molecule has 8 heteroatoms. The number of benzene rings is 3. The number of alkyl halides is 3. The highest BCUT2D eigenvalue weighted by Gasteiger charge is 2.29. The number of aliphatic carboxylic acids is 1. The van der Waals surface area contributed by atoms with Gasteiger partial charge in [0.2, 0.25) is 0 Å². The molecule has 3 rings (SSSR count). The first-order chi connectivity index (χ1) is 15.2. The second kappa shape index (κ2) is 9.82. The monoisotopic (exact) mass is 441 g/mol. The topological polar surface area (TPSA) is 75.6 Å². The molecule has 0 bridgehead atoms. The van der Waals surface area contributed by atoms with E-state index in [4.69, 9.17) is 4.74 Å². The third-order valence-corrected chi connectivity index (χ3v) is 4.39. The number of amides is 1. The summed E-state index contributed by atoms with van der Waals surface area (Å²) in [5, 5.41) is 11.8. The van der Waals surface area contributed by atoms with Crippen LogP contribution in [-0.2, 0) is 17.6 Å². The van der Waals surface area contributed by atoms with Crippen LogP contribution in [0.1, 0.15) is 27.0 Å². The molecule has 0 aliphatic rings. The lowest BCUT2D eigenvalue weighted by atomic mass is 10.1. The van der Waals surface area contributed by atoms with Crippen LogP contribution in [0.3, 0.4) is 0 Å². The molecule has 0 aliphatic carbocycles. The van der Waals surface area contributed by atoms with Gasteiger partial charge in [0, 0.05) is 5.56 Å². The zero-order valence-electron chi connectivity index (χ0n) is 16.6. The minimum atomic E-state index is -4.39. The van der Waals surface area contributed by atoms with Gasteiger partial charge in [0.05, 0.1) is 5.56 Å². The van der Waals surface area contributed by atoms with Crippen molar-refractivity contribution in [3.05, 3.63) is 107 Å². The molecule has 3 aromatic carbocycles. The summed E-state index contributed by atoms with van der Waals surface area (Å²) in [6.45, 7) is 0.0703. The maximum atomic E-state index is 12.6. The van der Waals surface area contributed by atoms with Gasteiger partial charge in [-0.05, 0) is 53.6 Å². The molecule has 0 saturated heterocycles. The Morgan fingerprint density at radius 2 is 1.53 bits per heavy atom. The first-order valence-electron chi connectivity index (χ1n) is 9.43. The zero-order valence-corrected chi connectivity index (χ0v) is 16.6. The van der Waals surface area contributed by atoms with Crippen molar-refractivity contribution >= 4 is 18.0 Å². The molecule has 0 saturated carbocycles. The second-order valence-corrected chi connectivity index (χ2v) is 6.74. The van der Waals surface area contributed by atoms with E-state index >= 15 is 0 Å². The van der Waals surface area contributed by atoms with Crippen molar-refractivity contribution in [2.45, 2.75) is 12.8 Å². The Labute approximate surface area is 181 Å². The van der Waals surface area contributed by atoms with Gasteiger partial charge in [0.1, 0.15) is 18.1 Å². The number of hydrogen-bond acceptors (Lipinski definition) is 3. The van der Waals surface area contributed by atoms with Gasteiger partial charge in [-0.1, -0.05) is 42.5 Å². The number of carbonyl (C=O) groups excluding carboxylic acids is 1. The van der Waals surface area contributed by atoms with E-state index in [0.717, 1.165) is 12.1 Å². The van der Waals surface area contributed by atoms with Gasteiger partial charge in [-0.15, -0.1) is 0 Å². The van der Waals surface area contributed by atoms with Crippen LogP contribution in [0.25, 0.3) is 6.08 Å². The molecule has 0 aliphatic heterocycles. The molecule has 164 valence electrons. The standard InChI is InChI=1S/C24H18F3NO4/c25-24(26,27)19-10-6-17(7-11-19)15-32-20-12-8-16(9-13-20)14-21(23(30)31)28-22(29)18-4-2-1-3-5-18/h1-14H,15H2,(H,28,29)(H,30,31)/b21-14+. The van der Waals surface area contributed by atoms with Crippen molar-refractivity contribution in [3.8, 4) is 5.75 Å². The number of ether oxygens (including phenoxy) is 1. The van der Waals surface area contributed by atoms with Crippen molar-refractivity contribution < 1.29 is 32.6 Å². The van der Waals surface area contributed by atoms with Crippen LogP contribution in [-0.4, -0.2) is 17.0 Å². The molecule has 5 nitrogen and oxygen atoms in total. The first-order valence-corrected chi connectivity index (χ1v) is 9.43. The molecule has 0 heterocycles. The lowest BCUT2D eigenvalue weighted by Crippen LogP contribution is -2.27. The highest BCUT2D eigenvalue weighted by molar-refractivity contribution is 6.02. The summed E-state index contributed by atoms with van der Waals surface area (Å²) < 4.78 is 43.4. The number of nitrogens with one attached hydrogen (secondary N) is 1. The van der Waals surface area contributed by atoms with E-state index in [-0.39, 0.29) is 12.3 Å². The Hall–Kier alpha value is -4.07. The van der Waals surface area contributed by atoms with Crippen LogP contribution in [0.4, 0.5) is 13.2 Å². The molecule has 0 radical (unpaired) electrons. The summed E-state index contributed by atoms with van der Waals surface area (Å²) in [7, 11) is 0. The van der Waals surface area contributed by atoms with E-state index in [9.17, 15) is 27.9 Å². The largest absolute Gasteiger partial charge is 0.489 e. The predicted octanol–water partition coefficient (Wildman–Crippen LogP) is 5.14. The molecule has 3 aromatic rings. The van der Waals surface area contributed by atoms with E-state index in [1.165, 1.54) is 18.2 Å². The summed E-state index contributed by atoms with van der Waals surface area (Å²) in [6.07, 6.45) is -3.08. The fourth-order valence-electron chi connectivity index (χ4n) is 2.72. The van der Waals surface area contributed by atoms with Crippen molar-refractivity contribution in [2.24, 2.45) is 0 Å². The van der Waals surface area contributed by atoms with E-state index in [0.29, 0.717) is 22.4 Å². The Kier molecular flexibility index (Phi) is 6.94. The minimum Gasteiger partial charge on any atom is -0.489 e. The molecule has 0 atom stereocenters. The molecule has 0 spiro atoms. The Bertz CT molecular complexity index is 1110. The van der Waals surface area contributed by atoms with E-state index in [2.05, 4.69) is 5.32 Å². The van der Waals surface area contributed by atoms with Crippen molar-refractivity contribution in [1.29, 1.82) is 0 Å². The van der Waals surface area contributed by atoms with Gasteiger partial charge in [-0.3, -0.25) is 4.79 Å². The molecule has 1 amide bonds. The number of halogens is 3. The van der Waals surface area contributed by atoms with Crippen molar-refractivity contribution in [2.75, 3.05) is 0 Å². The van der Waals surface area contributed by atoms with Crippen molar-refractivity contribution in [3.63, 3.8) is 0 Å². The van der Waals surface area contributed by atoms with Gasteiger partial charge in [0.15, 0.2) is 0 Å². The van der Waals surface area contributed by atoms with Crippen LogP contribution in [0.5, 0.6) is 5.75 Å². The Balaban J connectivity index is 1.63. The van der Waals surface area contributed by atoms with Crippen LogP contribution in [0.2, 0.25) is 0 Å². The van der Waals surface area contributed by atoms with Gasteiger partial charge in [0.25, 0.3) is 5.91 Å². The average molecular weight is 441 g/mol. The van der Waals surface area contributed by atoms with E-state index in [1.54, 1.807) is 54.6 Å². The highest BCUT2D eigenvalue weighted by Crippen LogP contribution is 2.29. The molecule has 0 unspecified atom stereocenters. The van der Waals surface area contributed by atoms with E-state index < -0.39 is 23.6 Å². The van der Waals surface area contributed by atoms with Gasteiger partial charge in [-0.2, -0.15) is 13.2 Å². The summed E-state index contributed by atoms with van der Waals surface area (Å²) in [4.78, 5) is 23.7. The lowest BCUT2D eigenvalue weighted by molar-refractivity contribution is -0.137. The fourth-order valence-corrected chi connectivity index (χ4v) is 2.72. The smallest absolute Gasteiger partial charge is 0.416 e. The predicted molar refractivity (Wildman–Crippen MR) is 112 cm³/mol. The zero-order chi connectivity index (χ0) is 23.1. The third kappa shape index (κ3) is 6.21.